The third-order valence-electron chi connectivity index (χ3n) is 7.18. The first-order valence-corrected chi connectivity index (χ1v) is 13.3. The van der Waals surface area contributed by atoms with Gasteiger partial charge in [-0.1, -0.05) is 0 Å². The van der Waals surface area contributed by atoms with E-state index in [-0.39, 0.29) is 16.8 Å². The summed E-state index contributed by atoms with van der Waals surface area (Å²) in [5.74, 6) is -61.0. The molecule has 1 aromatic carbocycles. The number of Topliss-reactive ketones (excluding diaryl/α,β-unsaturated/α-hetero) is 1. The Morgan fingerprint density at radius 2 is 1.10 bits per heavy atom. The number of rotatable bonds is 15. The van der Waals surface area contributed by atoms with Crippen LogP contribution >= 0.6 is 0 Å². The lowest BCUT2D eigenvalue weighted by atomic mass is 9.88. The molecule has 0 saturated carbocycles. The number of alkyl halides is 17. The molecule has 0 atom stereocenters. The quantitative estimate of drug-likeness (QED) is 0.179. The van der Waals surface area contributed by atoms with Crippen LogP contribution in [0.1, 0.15) is 51.4 Å². The van der Waals surface area contributed by atoms with Crippen molar-refractivity contribution in [2.24, 2.45) is 0 Å². The van der Waals surface area contributed by atoms with Gasteiger partial charge in [-0.25, -0.2) is 4.79 Å². The number of hydrogen-bond acceptors (Lipinski definition) is 3. The molecule has 2 rings (SSSR count). The lowest BCUT2D eigenvalue weighted by Crippen LogP contribution is -2.74. The molecule has 1 aromatic heterocycles. The van der Waals surface area contributed by atoms with Crippen LogP contribution in [0.25, 0.3) is 5.69 Å². The second-order valence-corrected chi connectivity index (χ2v) is 10.7. The number of amides is 1. The SMILES string of the molecule is Cc1ccc(C)n1-c1cc(C(=O)NCC(=O)CCCC(F)(F)C(F)(F)C(F)(F)C(F)(F)C(F)(F)C(F)(F)C(F)(F)C(F)(F)F)ccc1C(=O)O. The summed E-state index contributed by atoms with van der Waals surface area (Å²) in [7, 11) is 0. The Balaban J connectivity index is 2.18. The van der Waals surface area contributed by atoms with Gasteiger partial charge < -0.3 is 15.0 Å². The van der Waals surface area contributed by atoms with Gasteiger partial charge in [0.25, 0.3) is 5.91 Å². The van der Waals surface area contributed by atoms with Gasteiger partial charge in [0.15, 0.2) is 5.78 Å². The minimum atomic E-state index is -8.73. The van der Waals surface area contributed by atoms with Gasteiger partial charge in [-0.3, -0.25) is 9.59 Å². The smallest absolute Gasteiger partial charge is 0.460 e. The van der Waals surface area contributed by atoms with Gasteiger partial charge in [-0.05, 0) is 50.6 Å². The summed E-state index contributed by atoms with van der Waals surface area (Å²) in [6.07, 6.45) is -13.7. The van der Waals surface area contributed by atoms with Crippen LogP contribution in [-0.2, 0) is 4.79 Å². The second kappa shape index (κ2) is 13.2. The van der Waals surface area contributed by atoms with Gasteiger partial charge in [-0.15, -0.1) is 0 Å². The van der Waals surface area contributed by atoms with Crippen LogP contribution in [0, 0.1) is 13.8 Å². The van der Waals surface area contributed by atoms with Gasteiger partial charge in [0.1, 0.15) is 0 Å². The number of nitrogens with one attached hydrogen (secondary N) is 1. The van der Waals surface area contributed by atoms with Crippen LogP contribution in [0.15, 0.2) is 30.3 Å². The molecule has 6 nitrogen and oxygen atoms in total. The van der Waals surface area contributed by atoms with Crippen molar-refractivity contribution in [3.8, 4) is 5.69 Å². The van der Waals surface area contributed by atoms with Crippen LogP contribution in [-0.4, -0.2) is 81.5 Å². The molecular formula is C27H21F17N2O4. The first-order chi connectivity index (χ1) is 22.2. The maximum Gasteiger partial charge on any atom is 0.460 e. The third kappa shape index (κ3) is 6.82. The molecule has 0 spiro atoms. The van der Waals surface area contributed by atoms with E-state index in [4.69, 9.17) is 0 Å². The molecule has 282 valence electrons. The predicted molar refractivity (Wildman–Crippen MR) is 134 cm³/mol. The lowest BCUT2D eigenvalue weighted by Gasteiger charge is -2.42. The lowest BCUT2D eigenvalue weighted by molar-refractivity contribution is -0.461. The third-order valence-corrected chi connectivity index (χ3v) is 7.18. The van der Waals surface area contributed by atoms with Crippen LogP contribution < -0.4 is 5.32 Å². The van der Waals surface area contributed by atoms with Crippen molar-refractivity contribution in [1.29, 1.82) is 0 Å². The fourth-order valence-corrected chi connectivity index (χ4v) is 4.32. The fourth-order valence-electron chi connectivity index (χ4n) is 4.32. The van der Waals surface area contributed by atoms with Crippen molar-refractivity contribution in [3.63, 3.8) is 0 Å². The molecule has 2 aromatic rings. The Hall–Kier alpha value is -4.08. The number of ketones is 1. The highest BCUT2D eigenvalue weighted by Gasteiger charge is 2.95. The van der Waals surface area contributed by atoms with E-state index in [0.717, 1.165) is 18.2 Å². The van der Waals surface area contributed by atoms with Crippen molar-refractivity contribution in [3.05, 3.63) is 52.8 Å². The zero-order valence-corrected chi connectivity index (χ0v) is 24.8. The Morgan fingerprint density at radius 3 is 1.54 bits per heavy atom. The number of aromatic nitrogens is 1. The summed E-state index contributed by atoms with van der Waals surface area (Å²) in [6, 6.07) is 6.28. The molecule has 0 aliphatic carbocycles. The highest BCUT2D eigenvalue weighted by molar-refractivity contribution is 5.99. The van der Waals surface area contributed by atoms with Gasteiger partial charge in [-0.2, -0.15) is 74.6 Å². The van der Waals surface area contributed by atoms with E-state index in [0.29, 0.717) is 11.4 Å². The summed E-state index contributed by atoms with van der Waals surface area (Å²) in [6.45, 7) is 2.06. The molecule has 0 aliphatic heterocycles. The highest BCUT2D eigenvalue weighted by Crippen LogP contribution is 2.64. The molecular weight excluding hydrogens is 739 g/mol. The minimum absolute atomic E-state index is 0.0161. The Morgan fingerprint density at radius 1 is 0.660 bits per heavy atom. The number of nitrogens with zero attached hydrogens (tertiary/aromatic N) is 1. The molecule has 23 heteroatoms. The van der Waals surface area contributed by atoms with E-state index in [2.05, 4.69) is 0 Å². The number of carboxylic acids is 1. The first-order valence-electron chi connectivity index (χ1n) is 13.3. The number of hydrogen-bond donors (Lipinski definition) is 2. The van der Waals surface area contributed by atoms with E-state index in [1.165, 1.54) is 4.57 Å². The number of carbonyl (C=O) groups is 3. The molecule has 0 saturated heterocycles. The topological polar surface area (TPSA) is 88.4 Å². The Labute approximate surface area is 268 Å². The molecule has 0 fully saturated rings. The van der Waals surface area contributed by atoms with Crippen molar-refractivity contribution in [2.45, 2.75) is 80.7 Å². The number of aromatic carboxylic acids is 1. The van der Waals surface area contributed by atoms with E-state index in [9.17, 15) is 94.1 Å². The maximum absolute atomic E-state index is 14.1. The number of benzene rings is 1. The molecule has 0 aliphatic rings. The van der Waals surface area contributed by atoms with Gasteiger partial charge in [0.2, 0.25) is 0 Å². The zero-order chi connectivity index (χ0) is 39.3. The summed E-state index contributed by atoms with van der Waals surface area (Å²) >= 11 is 0. The van der Waals surface area contributed by atoms with Gasteiger partial charge in [0.05, 0.1) is 17.8 Å². The molecule has 0 bridgehead atoms. The average Bonchev–Trinajstić information content (AvgIpc) is 3.31. The number of aryl methyl sites for hydroxylation is 2. The summed E-state index contributed by atoms with van der Waals surface area (Å²) in [5.41, 5.74) is 0.470. The first kappa shape index (κ1) is 42.1. The summed E-state index contributed by atoms with van der Waals surface area (Å²) in [4.78, 5) is 36.2. The van der Waals surface area contributed by atoms with E-state index >= 15 is 0 Å². The van der Waals surface area contributed by atoms with Crippen LogP contribution in [0.2, 0.25) is 0 Å². The summed E-state index contributed by atoms with van der Waals surface area (Å²) in [5, 5.41) is 11.4. The normalized spacial score (nSPS) is 14.1. The van der Waals surface area contributed by atoms with Crippen molar-refractivity contribution >= 4 is 17.7 Å². The number of carbonyl (C=O) groups excluding carboxylic acids is 2. The largest absolute Gasteiger partial charge is 0.478 e. The van der Waals surface area contributed by atoms with Crippen molar-refractivity contribution < 1.29 is 94.1 Å². The summed E-state index contributed by atoms with van der Waals surface area (Å²) < 4.78 is 229. The van der Waals surface area contributed by atoms with Crippen LogP contribution in [0.5, 0.6) is 0 Å². The molecule has 0 unspecified atom stereocenters. The number of carboxylic acid groups (broad SMARTS) is 1. The van der Waals surface area contributed by atoms with Crippen LogP contribution in [0.4, 0.5) is 74.6 Å². The van der Waals surface area contributed by atoms with Gasteiger partial charge >= 0.3 is 53.6 Å². The molecule has 0 radical (unpaired) electrons. The predicted octanol–water partition coefficient (Wildman–Crippen LogP) is 8.27. The minimum Gasteiger partial charge on any atom is -0.478 e. The fraction of sp³-hybridized carbons (Fsp3) is 0.519. The molecule has 1 amide bonds. The van der Waals surface area contributed by atoms with E-state index < -0.39 is 91.1 Å². The Kier molecular flexibility index (Phi) is 11.1. The molecule has 2 N–H and O–H groups in total. The van der Waals surface area contributed by atoms with Crippen molar-refractivity contribution in [1.82, 2.24) is 9.88 Å². The van der Waals surface area contributed by atoms with Crippen molar-refractivity contribution in [2.75, 3.05) is 6.54 Å². The van der Waals surface area contributed by atoms with E-state index in [1.807, 2.05) is 5.32 Å². The highest BCUT2D eigenvalue weighted by atomic mass is 19.4. The monoisotopic (exact) mass is 760 g/mol. The zero-order valence-electron chi connectivity index (χ0n) is 24.8. The van der Waals surface area contributed by atoms with Gasteiger partial charge in [0, 0.05) is 29.8 Å². The molecule has 1 heterocycles. The average molecular weight is 760 g/mol. The maximum atomic E-state index is 14.1. The van der Waals surface area contributed by atoms with E-state index in [1.54, 1.807) is 26.0 Å². The second-order valence-electron chi connectivity index (χ2n) is 10.7. The van der Waals surface area contributed by atoms with Crippen LogP contribution in [0.3, 0.4) is 0 Å². The standard InChI is InChI=1S/C27H21F17N2O4/c1-12-5-6-13(2)46(12)17-10-14(7-8-16(17)19(49)50)18(48)45-11-15(47)4-3-9-20(28,29)21(30,31)22(32,33)23(34,35)24(36,37)25(38,39)26(40,41)27(42,43)44/h5-8,10H,3-4,9,11H2,1-2H3,(H,45,48)(H,49,50). The Bertz CT molecular complexity index is 1590. The molecule has 50 heavy (non-hydrogen) atoms. The number of halogens is 17.